The molecule has 1 aromatic heterocycles. The van der Waals surface area contributed by atoms with E-state index >= 15 is 0 Å². The van der Waals surface area contributed by atoms with Crippen LogP contribution in [0.25, 0.3) is 11.4 Å². The quantitative estimate of drug-likeness (QED) is 0.883. The Balaban J connectivity index is 2.33. The topological polar surface area (TPSA) is 80.9 Å². The van der Waals surface area contributed by atoms with Gasteiger partial charge in [0.15, 0.2) is 5.82 Å². The van der Waals surface area contributed by atoms with Crippen LogP contribution in [0.3, 0.4) is 0 Å². The molecular formula is C11H11FN4O2. The lowest BCUT2D eigenvalue weighted by atomic mass is 10.1. The van der Waals surface area contributed by atoms with E-state index in [-0.39, 0.29) is 18.8 Å². The lowest BCUT2D eigenvalue weighted by Gasteiger charge is -2.05. The Hall–Kier alpha value is -2.31. The van der Waals surface area contributed by atoms with Gasteiger partial charge in [-0.1, -0.05) is 0 Å². The predicted molar refractivity (Wildman–Crippen MR) is 60.2 cm³/mol. The van der Waals surface area contributed by atoms with E-state index < -0.39 is 5.97 Å². The van der Waals surface area contributed by atoms with Gasteiger partial charge in [0, 0.05) is 5.56 Å². The molecule has 0 saturated carbocycles. The molecule has 0 spiro atoms. The Morgan fingerprint density at radius 1 is 1.50 bits per heavy atom. The maximum atomic E-state index is 13.0. The van der Waals surface area contributed by atoms with Crippen molar-refractivity contribution >= 4 is 5.97 Å². The molecule has 2 aromatic rings. The predicted octanol–water partition coefficient (Wildman–Crippen LogP) is 1.26. The van der Waals surface area contributed by atoms with Gasteiger partial charge in [-0.2, -0.15) is 0 Å². The van der Waals surface area contributed by atoms with Crippen molar-refractivity contribution in [2.24, 2.45) is 0 Å². The summed E-state index contributed by atoms with van der Waals surface area (Å²) in [5.41, 5.74) is 1.38. The molecule has 18 heavy (non-hydrogen) atoms. The Morgan fingerprint density at radius 3 is 2.94 bits per heavy atom. The minimum absolute atomic E-state index is 0.0711. The number of halogens is 1. The Kier molecular flexibility index (Phi) is 3.31. The Bertz CT molecular complexity index is 582. The molecule has 0 aliphatic rings. The van der Waals surface area contributed by atoms with Crippen molar-refractivity contribution in [2.45, 2.75) is 19.9 Å². The number of carboxylic acids is 1. The number of tetrazole rings is 1. The molecule has 0 radical (unpaired) electrons. The van der Waals surface area contributed by atoms with Gasteiger partial charge in [-0.05, 0) is 41.1 Å². The van der Waals surface area contributed by atoms with E-state index in [1.54, 1.807) is 13.0 Å². The van der Waals surface area contributed by atoms with Crippen molar-refractivity contribution in [3.8, 4) is 11.4 Å². The van der Waals surface area contributed by atoms with Crippen LogP contribution in [0.4, 0.5) is 4.39 Å². The van der Waals surface area contributed by atoms with Crippen molar-refractivity contribution in [1.29, 1.82) is 0 Å². The maximum absolute atomic E-state index is 13.0. The zero-order chi connectivity index (χ0) is 13.1. The van der Waals surface area contributed by atoms with Crippen LogP contribution in [0.2, 0.25) is 0 Å². The third-order valence-corrected chi connectivity index (χ3v) is 2.50. The number of nitrogens with zero attached hydrogens (tertiary/aromatic N) is 4. The standard InChI is InChI=1S/C11H11FN4O2/c1-7-6-8(12)2-3-9(7)11-13-14-15-16(11)5-4-10(17)18/h2-3,6H,4-5H2,1H3,(H,17,18). The molecule has 0 bridgehead atoms. The van der Waals surface area contributed by atoms with Crippen LogP contribution in [0.5, 0.6) is 0 Å². The van der Waals surface area contributed by atoms with E-state index in [0.29, 0.717) is 17.0 Å². The van der Waals surface area contributed by atoms with Crippen molar-refractivity contribution in [1.82, 2.24) is 20.2 Å². The molecule has 0 atom stereocenters. The van der Waals surface area contributed by atoms with E-state index in [0.717, 1.165) is 0 Å². The molecule has 0 unspecified atom stereocenters. The number of hydrogen-bond acceptors (Lipinski definition) is 4. The zero-order valence-corrected chi connectivity index (χ0v) is 9.67. The largest absolute Gasteiger partial charge is 0.481 e. The molecule has 0 aliphatic carbocycles. The number of aromatic nitrogens is 4. The smallest absolute Gasteiger partial charge is 0.305 e. The fraction of sp³-hybridized carbons (Fsp3) is 0.273. The van der Waals surface area contributed by atoms with E-state index in [2.05, 4.69) is 15.5 Å². The summed E-state index contributed by atoms with van der Waals surface area (Å²) in [6.07, 6.45) is -0.0711. The number of benzene rings is 1. The van der Waals surface area contributed by atoms with Crippen molar-refractivity contribution in [2.75, 3.05) is 0 Å². The number of rotatable bonds is 4. The molecule has 2 rings (SSSR count). The highest BCUT2D eigenvalue weighted by atomic mass is 19.1. The Morgan fingerprint density at radius 2 is 2.28 bits per heavy atom. The minimum Gasteiger partial charge on any atom is -0.481 e. The second-order valence-electron chi connectivity index (χ2n) is 3.83. The van der Waals surface area contributed by atoms with E-state index in [9.17, 15) is 9.18 Å². The average Bonchev–Trinajstić information content (AvgIpc) is 2.74. The summed E-state index contributed by atoms with van der Waals surface area (Å²) in [5, 5.41) is 19.7. The van der Waals surface area contributed by atoms with Gasteiger partial charge in [0.05, 0.1) is 13.0 Å². The SMILES string of the molecule is Cc1cc(F)ccc1-c1nnnn1CCC(=O)O. The van der Waals surface area contributed by atoms with Crippen LogP contribution in [0.15, 0.2) is 18.2 Å². The molecule has 0 amide bonds. The van der Waals surface area contributed by atoms with E-state index in [1.165, 1.54) is 16.8 Å². The van der Waals surface area contributed by atoms with Crippen LogP contribution in [-0.2, 0) is 11.3 Å². The zero-order valence-electron chi connectivity index (χ0n) is 9.67. The molecule has 7 heteroatoms. The molecule has 1 N–H and O–H groups in total. The van der Waals surface area contributed by atoms with Gasteiger partial charge in [0.25, 0.3) is 0 Å². The monoisotopic (exact) mass is 250 g/mol. The van der Waals surface area contributed by atoms with Gasteiger partial charge in [0.2, 0.25) is 0 Å². The molecular weight excluding hydrogens is 239 g/mol. The molecule has 6 nitrogen and oxygen atoms in total. The first-order valence-electron chi connectivity index (χ1n) is 5.32. The molecule has 94 valence electrons. The fourth-order valence-electron chi connectivity index (χ4n) is 1.63. The van der Waals surface area contributed by atoms with Crippen molar-refractivity contribution in [3.05, 3.63) is 29.6 Å². The number of hydrogen-bond donors (Lipinski definition) is 1. The highest BCUT2D eigenvalue weighted by molar-refractivity contribution is 5.66. The molecule has 0 fully saturated rings. The fourth-order valence-corrected chi connectivity index (χ4v) is 1.63. The number of carboxylic acid groups (broad SMARTS) is 1. The third-order valence-electron chi connectivity index (χ3n) is 2.50. The Labute approximate surface area is 102 Å². The van der Waals surface area contributed by atoms with Crippen LogP contribution in [0, 0.1) is 12.7 Å². The second-order valence-corrected chi connectivity index (χ2v) is 3.83. The molecule has 1 aromatic carbocycles. The first kappa shape index (κ1) is 12.2. The highest BCUT2D eigenvalue weighted by Gasteiger charge is 2.12. The van der Waals surface area contributed by atoms with Gasteiger partial charge in [0.1, 0.15) is 5.82 Å². The normalized spacial score (nSPS) is 10.6. The third kappa shape index (κ3) is 2.50. The summed E-state index contributed by atoms with van der Waals surface area (Å²) in [5.74, 6) is -0.818. The summed E-state index contributed by atoms with van der Waals surface area (Å²) in [6, 6.07) is 4.28. The maximum Gasteiger partial charge on any atom is 0.305 e. The van der Waals surface area contributed by atoms with Crippen LogP contribution < -0.4 is 0 Å². The summed E-state index contributed by atoms with van der Waals surface area (Å²) >= 11 is 0. The summed E-state index contributed by atoms with van der Waals surface area (Å²) in [4.78, 5) is 10.5. The minimum atomic E-state index is -0.924. The van der Waals surface area contributed by atoms with Gasteiger partial charge in [-0.25, -0.2) is 9.07 Å². The molecule has 0 aliphatic heterocycles. The molecule has 0 saturated heterocycles. The highest BCUT2D eigenvalue weighted by Crippen LogP contribution is 2.21. The van der Waals surface area contributed by atoms with Gasteiger partial charge in [-0.3, -0.25) is 4.79 Å². The van der Waals surface area contributed by atoms with Crippen LogP contribution in [-0.4, -0.2) is 31.3 Å². The van der Waals surface area contributed by atoms with E-state index in [1.807, 2.05) is 0 Å². The van der Waals surface area contributed by atoms with Gasteiger partial charge < -0.3 is 5.11 Å². The second kappa shape index (κ2) is 4.91. The molecule has 1 heterocycles. The van der Waals surface area contributed by atoms with Crippen molar-refractivity contribution < 1.29 is 14.3 Å². The van der Waals surface area contributed by atoms with E-state index in [4.69, 9.17) is 5.11 Å². The summed E-state index contributed by atoms with van der Waals surface area (Å²) in [7, 11) is 0. The number of aryl methyl sites for hydroxylation is 2. The van der Waals surface area contributed by atoms with Gasteiger partial charge >= 0.3 is 5.97 Å². The lowest BCUT2D eigenvalue weighted by molar-refractivity contribution is -0.137. The summed E-state index contributed by atoms with van der Waals surface area (Å²) in [6.45, 7) is 1.92. The first-order chi connectivity index (χ1) is 8.58. The van der Waals surface area contributed by atoms with Crippen LogP contribution in [0.1, 0.15) is 12.0 Å². The number of carbonyl (C=O) groups is 1. The van der Waals surface area contributed by atoms with Gasteiger partial charge in [-0.15, -0.1) is 5.10 Å². The average molecular weight is 250 g/mol. The first-order valence-corrected chi connectivity index (χ1v) is 5.32. The lowest BCUT2D eigenvalue weighted by Crippen LogP contribution is -2.08. The van der Waals surface area contributed by atoms with Crippen LogP contribution >= 0.6 is 0 Å². The summed E-state index contributed by atoms with van der Waals surface area (Å²) < 4.78 is 14.4. The van der Waals surface area contributed by atoms with Crippen molar-refractivity contribution in [3.63, 3.8) is 0 Å². The number of aliphatic carboxylic acids is 1.